The lowest BCUT2D eigenvalue weighted by atomic mass is 9.82. The van der Waals surface area contributed by atoms with E-state index in [9.17, 15) is 9.59 Å². The number of hydrogen-bond donors (Lipinski definition) is 2. The van der Waals surface area contributed by atoms with Crippen LogP contribution in [-0.4, -0.2) is 49.1 Å². The lowest BCUT2D eigenvalue weighted by molar-refractivity contribution is -0.141. The highest BCUT2D eigenvalue weighted by molar-refractivity contribution is 5.85. The number of carbonyl (C=O) groups excluding carboxylic acids is 2. The smallest absolute Gasteiger partial charge is 0.225 e. The summed E-state index contributed by atoms with van der Waals surface area (Å²) in [4.78, 5) is 27.1. The number of piperidine rings is 1. The van der Waals surface area contributed by atoms with Crippen LogP contribution in [0, 0.1) is 11.8 Å². The molecule has 6 nitrogen and oxygen atoms in total. The predicted octanol–water partition coefficient (Wildman–Crippen LogP) is 2.11. The van der Waals surface area contributed by atoms with Crippen LogP contribution in [0.5, 0.6) is 0 Å². The minimum absolute atomic E-state index is 0. The number of nitrogens with one attached hydrogen (secondary N) is 1. The molecular formula is C21H32ClN3O3. The first kappa shape index (κ1) is 22.7. The summed E-state index contributed by atoms with van der Waals surface area (Å²) in [5, 5.41) is 3.02. The summed E-state index contributed by atoms with van der Waals surface area (Å²) in [6.45, 7) is 1.86. The second kappa shape index (κ2) is 10.8. The van der Waals surface area contributed by atoms with Crippen LogP contribution in [-0.2, 0) is 20.9 Å². The highest BCUT2D eigenvalue weighted by Gasteiger charge is 2.35. The van der Waals surface area contributed by atoms with Gasteiger partial charge in [0.25, 0.3) is 0 Å². The second-order valence-electron chi connectivity index (χ2n) is 7.75. The van der Waals surface area contributed by atoms with E-state index in [0.29, 0.717) is 26.1 Å². The van der Waals surface area contributed by atoms with Crippen LogP contribution in [0.4, 0.5) is 0 Å². The lowest BCUT2D eigenvalue weighted by Gasteiger charge is -2.37. The molecule has 0 aromatic heterocycles. The van der Waals surface area contributed by atoms with Gasteiger partial charge in [0.05, 0.1) is 6.10 Å². The van der Waals surface area contributed by atoms with Crippen LogP contribution in [0.3, 0.4) is 0 Å². The Morgan fingerprint density at radius 3 is 2.39 bits per heavy atom. The molecule has 1 aromatic rings. The third kappa shape index (κ3) is 5.69. The van der Waals surface area contributed by atoms with E-state index in [-0.39, 0.29) is 48.2 Å². The molecule has 1 saturated heterocycles. The third-order valence-electron chi connectivity index (χ3n) is 5.97. The fraction of sp³-hybridized carbons (Fsp3) is 0.619. The standard InChI is InChI=1S/C21H31N3O3.ClH/c1-27-19-8-7-17(13-18(19)22)21(26)24-11-9-16(10-12-24)20(25)23-14-15-5-3-2-4-6-15;/h2-6,16-19H,7-14,22H2,1H3,(H,23,25);1H/t17-,18+,19+;/m0./s1. The lowest BCUT2D eigenvalue weighted by Crippen LogP contribution is -2.49. The number of nitrogens with zero attached hydrogens (tertiary/aromatic N) is 1. The molecule has 0 unspecified atom stereocenters. The van der Waals surface area contributed by atoms with Crippen molar-refractivity contribution in [3.63, 3.8) is 0 Å². The Balaban J connectivity index is 0.00000280. The van der Waals surface area contributed by atoms with Gasteiger partial charge in [-0.1, -0.05) is 30.3 Å². The first-order valence-corrected chi connectivity index (χ1v) is 9.97. The minimum Gasteiger partial charge on any atom is -0.380 e. The van der Waals surface area contributed by atoms with Gasteiger partial charge >= 0.3 is 0 Å². The van der Waals surface area contributed by atoms with E-state index in [1.165, 1.54) is 0 Å². The molecule has 156 valence electrons. The van der Waals surface area contributed by atoms with Crippen molar-refractivity contribution in [2.75, 3.05) is 20.2 Å². The van der Waals surface area contributed by atoms with Gasteiger partial charge in [0.2, 0.25) is 11.8 Å². The molecule has 2 aliphatic rings. The van der Waals surface area contributed by atoms with E-state index in [1.54, 1.807) is 7.11 Å². The number of rotatable bonds is 5. The molecule has 3 atom stereocenters. The van der Waals surface area contributed by atoms with Gasteiger partial charge < -0.3 is 20.7 Å². The van der Waals surface area contributed by atoms with Gasteiger partial charge in [0.1, 0.15) is 0 Å². The highest BCUT2D eigenvalue weighted by atomic mass is 35.5. The molecule has 2 amide bonds. The summed E-state index contributed by atoms with van der Waals surface area (Å²) >= 11 is 0. The summed E-state index contributed by atoms with van der Waals surface area (Å²) in [5.74, 6) is 0.274. The maximum absolute atomic E-state index is 12.8. The summed E-state index contributed by atoms with van der Waals surface area (Å²) in [7, 11) is 1.68. The van der Waals surface area contributed by atoms with Gasteiger partial charge in [-0.2, -0.15) is 0 Å². The highest BCUT2D eigenvalue weighted by Crippen LogP contribution is 2.28. The number of likely N-dealkylation sites (tertiary alicyclic amines) is 1. The number of methoxy groups -OCH3 is 1. The number of nitrogens with two attached hydrogens (primary N) is 1. The van der Waals surface area contributed by atoms with Crippen molar-refractivity contribution in [2.45, 2.75) is 50.8 Å². The Bertz CT molecular complexity index is 635. The molecule has 7 heteroatoms. The molecule has 0 spiro atoms. The number of carbonyl (C=O) groups is 2. The van der Waals surface area contributed by atoms with E-state index in [0.717, 1.165) is 31.2 Å². The third-order valence-corrected chi connectivity index (χ3v) is 5.97. The van der Waals surface area contributed by atoms with Crippen LogP contribution in [0.2, 0.25) is 0 Å². The summed E-state index contributed by atoms with van der Waals surface area (Å²) in [6.07, 6.45) is 3.88. The van der Waals surface area contributed by atoms with Gasteiger partial charge in [0.15, 0.2) is 0 Å². The minimum atomic E-state index is -0.0704. The zero-order valence-corrected chi connectivity index (χ0v) is 17.3. The topological polar surface area (TPSA) is 84.7 Å². The van der Waals surface area contributed by atoms with Crippen LogP contribution in [0.1, 0.15) is 37.7 Å². The van der Waals surface area contributed by atoms with Gasteiger partial charge in [0, 0.05) is 44.6 Å². The molecule has 0 bridgehead atoms. The zero-order chi connectivity index (χ0) is 19.2. The fourth-order valence-electron chi connectivity index (χ4n) is 4.24. The van der Waals surface area contributed by atoms with E-state index in [4.69, 9.17) is 10.5 Å². The van der Waals surface area contributed by atoms with Gasteiger partial charge in [-0.25, -0.2) is 0 Å². The molecule has 3 rings (SSSR count). The molecule has 3 N–H and O–H groups in total. The number of halogens is 1. The SMILES string of the molecule is CO[C@@H]1CC[C@H](C(=O)N2CCC(C(=O)NCc3ccccc3)CC2)C[C@H]1N.Cl. The first-order valence-electron chi connectivity index (χ1n) is 9.97. The van der Waals surface area contributed by atoms with E-state index >= 15 is 0 Å². The monoisotopic (exact) mass is 409 g/mol. The van der Waals surface area contributed by atoms with E-state index < -0.39 is 0 Å². The molecule has 1 aromatic carbocycles. The Labute approximate surface area is 173 Å². The van der Waals surface area contributed by atoms with Crippen molar-refractivity contribution in [3.05, 3.63) is 35.9 Å². The average Bonchev–Trinajstić information content (AvgIpc) is 2.72. The van der Waals surface area contributed by atoms with Crippen molar-refractivity contribution in [2.24, 2.45) is 17.6 Å². The van der Waals surface area contributed by atoms with Crippen molar-refractivity contribution in [1.29, 1.82) is 0 Å². The summed E-state index contributed by atoms with van der Waals surface area (Å²) in [6, 6.07) is 9.84. The van der Waals surface area contributed by atoms with Gasteiger partial charge in [-0.15, -0.1) is 12.4 Å². The van der Waals surface area contributed by atoms with Crippen LogP contribution < -0.4 is 11.1 Å². The number of benzene rings is 1. The molecule has 2 fully saturated rings. The van der Waals surface area contributed by atoms with Gasteiger partial charge in [-0.3, -0.25) is 9.59 Å². The number of ether oxygens (including phenoxy) is 1. The predicted molar refractivity (Wildman–Crippen MR) is 111 cm³/mol. The normalized spacial score (nSPS) is 25.6. The molecule has 28 heavy (non-hydrogen) atoms. The number of hydrogen-bond acceptors (Lipinski definition) is 4. The maximum Gasteiger partial charge on any atom is 0.225 e. The second-order valence-corrected chi connectivity index (χ2v) is 7.75. The molecular weight excluding hydrogens is 378 g/mol. The summed E-state index contributed by atoms with van der Waals surface area (Å²) < 4.78 is 5.38. The zero-order valence-electron chi connectivity index (χ0n) is 16.5. The Hall–Kier alpha value is -1.63. The largest absolute Gasteiger partial charge is 0.380 e. The molecule has 1 aliphatic heterocycles. The van der Waals surface area contributed by atoms with Crippen LogP contribution in [0.25, 0.3) is 0 Å². The number of amides is 2. The molecule has 0 radical (unpaired) electrons. The van der Waals surface area contributed by atoms with Gasteiger partial charge in [-0.05, 0) is 37.7 Å². The molecule has 1 aliphatic carbocycles. The van der Waals surface area contributed by atoms with E-state index in [2.05, 4.69) is 5.32 Å². The fourth-order valence-corrected chi connectivity index (χ4v) is 4.24. The average molecular weight is 410 g/mol. The maximum atomic E-state index is 12.8. The summed E-state index contributed by atoms with van der Waals surface area (Å²) in [5.41, 5.74) is 7.24. The van der Waals surface area contributed by atoms with Crippen LogP contribution >= 0.6 is 12.4 Å². The Morgan fingerprint density at radius 2 is 1.79 bits per heavy atom. The van der Waals surface area contributed by atoms with Crippen molar-refractivity contribution in [1.82, 2.24) is 10.2 Å². The van der Waals surface area contributed by atoms with Crippen LogP contribution in [0.15, 0.2) is 30.3 Å². The molecule has 1 heterocycles. The van der Waals surface area contributed by atoms with Crippen molar-refractivity contribution < 1.29 is 14.3 Å². The van der Waals surface area contributed by atoms with E-state index in [1.807, 2.05) is 35.2 Å². The quantitative estimate of drug-likeness (QED) is 0.779. The van der Waals surface area contributed by atoms with Crippen molar-refractivity contribution >= 4 is 24.2 Å². The van der Waals surface area contributed by atoms with Crippen molar-refractivity contribution in [3.8, 4) is 0 Å². The molecule has 1 saturated carbocycles. The Morgan fingerprint density at radius 1 is 1.11 bits per heavy atom. The Kier molecular flexibility index (Phi) is 8.73. The first-order chi connectivity index (χ1) is 13.1.